The van der Waals surface area contributed by atoms with Crippen LogP contribution in [0.5, 0.6) is 11.5 Å². The first-order valence-electron chi connectivity index (χ1n) is 13.0. The third-order valence-corrected chi connectivity index (χ3v) is 6.85. The van der Waals surface area contributed by atoms with Crippen molar-refractivity contribution in [1.82, 2.24) is 5.32 Å². The molecule has 0 spiro atoms. The van der Waals surface area contributed by atoms with Crippen LogP contribution in [0.3, 0.4) is 0 Å². The van der Waals surface area contributed by atoms with Crippen molar-refractivity contribution in [2.45, 2.75) is 52.1 Å². The molecule has 206 valence electrons. The highest BCUT2D eigenvalue weighted by atomic mass is 16.5. The van der Waals surface area contributed by atoms with Gasteiger partial charge in [0.15, 0.2) is 11.5 Å². The molecule has 0 bridgehead atoms. The molecule has 1 aliphatic carbocycles. The van der Waals surface area contributed by atoms with Crippen LogP contribution in [0.15, 0.2) is 53.7 Å². The van der Waals surface area contributed by atoms with Crippen LogP contribution in [0.2, 0.25) is 0 Å². The van der Waals surface area contributed by atoms with E-state index in [4.69, 9.17) is 18.9 Å². The Labute approximate surface area is 224 Å². The first kappa shape index (κ1) is 29.0. The second kappa shape index (κ2) is 12.8. The number of benzene rings is 2. The first-order valence-corrected chi connectivity index (χ1v) is 13.0. The third-order valence-electron chi connectivity index (χ3n) is 6.85. The SMILES string of the molecule is CCOC(=O)C1=C(NCCc2ccc(OC)c(OC)c2)CC(C)(O)C(C(=O)OCC)C1c1ccc(C)cc1. The summed E-state index contributed by atoms with van der Waals surface area (Å²) in [4.78, 5) is 26.6. The quantitative estimate of drug-likeness (QED) is 0.423. The van der Waals surface area contributed by atoms with Gasteiger partial charge >= 0.3 is 11.9 Å². The maximum absolute atomic E-state index is 13.4. The minimum atomic E-state index is -1.47. The summed E-state index contributed by atoms with van der Waals surface area (Å²) < 4.78 is 21.6. The van der Waals surface area contributed by atoms with Gasteiger partial charge in [0.05, 0.1) is 44.5 Å². The molecule has 38 heavy (non-hydrogen) atoms. The number of aryl methyl sites for hydroxylation is 1. The number of esters is 2. The first-order chi connectivity index (χ1) is 18.2. The summed E-state index contributed by atoms with van der Waals surface area (Å²) in [5.41, 5.74) is 2.21. The summed E-state index contributed by atoms with van der Waals surface area (Å²) in [6.45, 7) is 7.88. The number of hydrogen-bond acceptors (Lipinski definition) is 8. The molecule has 2 aromatic rings. The van der Waals surface area contributed by atoms with Gasteiger partial charge in [0, 0.05) is 24.6 Å². The average Bonchev–Trinajstić information content (AvgIpc) is 2.88. The van der Waals surface area contributed by atoms with Crippen molar-refractivity contribution in [3.63, 3.8) is 0 Å². The van der Waals surface area contributed by atoms with Gasteiger partial charge < -0.3 is 29.4 Å². The Bertz CT molecular complexity index is 1150. The van der Waals surface area contributed by atoms with Gasteiger partial charge in [-0.15, -0.1) is 0 Å². The smallest absolute Gasteiger partial charge is 0.336 e. The molecular weight excluding hydrogens is 486 g/mol. The zero-order chi connectivity index (χ0) is 27.9. The zero-order valence-corrected chi connectivity index (χ0v) is 23.1. The summed E-state index contributed by atoms with van der Waals surface area (Å²) in [5, 5.41) is 15.0. The predicted octanol–water partition coefficient (Wildman–Crippen LogP) is 4.08. The molecule has 0 amide bonds. The third kappa shape index (κ3) is 6.48. The molecule has 0 fully saturated rings. The number of carbonyl (C=O) groups excluding carboxylic acids is 2. The standard InChI is InChI=1S/C30H39NO7/c1-7-37-28(32)26-22(31-16-15-20-11-14-23(35-5)24(17-20)36-6)18-30(4,34)27(29(33)38-8-2)25(26)21-12-9-19(3)10-13-21/h9-14,17,25,27,31,34H,7-8,15-16,18H2,1-6H3. The molecule has 0 heterocycles. The molecule has 3 unspecified atom stereocenters. The normalized spacial score (nSPS) is 21.0. The lowest BCUT2D eigenvalue weighted by atomic mass is 9.65. The fourth-order valence-electron chi connectivity index (χ4n) is 5.04. The molecule has 3 atom stereocenters. The van der Waals surface area contributed by atoms with Crippen LogP contribution >= 0.6 is 0 Å². The van der Waals surface area contributed by atoms with Crippen LogP contribution in [0.25, 0.3) is 0 Å². The number of rotatable bonds is 11. The Morgan fingerprint density at radius 1 is 1.00 bits per heavy atom. The number of ether oxygens (including phenoxy) is 4. The highest BCUT2D eigenvalue weighted by molar-refractivity contribution is 5.93. The minimum absolute atomic E-state index is 0.0684. The van der Waals surface area contributed by atoms with Crippen molar-refractivity contribution < 1.29 is 33.6 Å². The zero-order valence-electron chi connectivity index (χ0n) is 23.1. The molecule has 8 nitrogen and oxygen atoms in total. The molecule has 0 saturated heterocycles. The molecule has 1 aliphatic rings. The number of methoxy groups -OCH3 is 2. The van der Waals surface area contributed by atoms with Gasteiger partial charge in [-0.05, 0) is 57.4 Å². The van der Waals surface area contributed by atoms with Crippen molar-refractivity contribution >= 4 is 11.9 Å². The monoisotopic (exact) mass is 525 g/mol. The number of aliphatic hydroxyl groups is 1. The van der Waals surface area contributed by atoms with E-state index in [1.54, 1.807) is 35.0 Å². The van der Waals surface area contributed by atoms with E-state index >= 15 is 0 Å². The van der Waals surface area contributed by atoms with E-state index in [2.05, 4.69) is 5.32 Å². The van der Waals surface area contributed by atoms with Crippen LogP contribution in [0, 0.1) is 12.8 Å². The van der Waals surface area contributed by atoms with Crippen LogP contribution in [-0.4, -0.2) is 56.6 Å². The fourth-order valence-corrected chi connectivity index (χ4v) is 5.04. The fraction of sp³-hybridized carbons (Fsp3) is 0.467. The predicted molar refractivity (Wildman–Crippen MR) is 144 cm³/mol. The molecule has 0 aliphatic heterocycles. The van der Waals surface area contributed by atoms with Crippen LogP contribution in [-0.2, 0) is 25.5 Å². The molecule has 0 saturated carbocycles. The summed E-state index contributed by atoms with van der Waals surface area (Å²) in [6.07, 6.45) is 0.692. The van der Waals surface area contributed by atoms with Crippen LogP contribution in [0.1, 0.15) is 49.8 Å². The van der Waals surface area contributed by atoms with Gasteiger partial charge in [-0.25, -0.2) is 4.79 Å². The van der Waals surface area contributed by atoms with Crippen molar-refractivity contribution in [1.29, 1.82) is 0 Å². The summed E-state index contributed by atoms with van der Waals surface area (Å²) in [5.74, 6) is -1.52. The second-order valence-corrected chi connectivity index (χ2v) is 9.63. The molecule has 2 N–H and O–H groups in total. The second-order valence-electron chi connectivity index (χ2n) is 9.63. The topological polar surface area (TPSA) is 103 Å². The largest absolute Gasteiger partial charge is 0.493 e. The van der Waals surface area contributed by atoms with E-state index < -0.39 is 29.4 Å². The van der Waals surface area contributed by atoms with E-state index in [0.717, 1.165) is 16.7 Å². The maximum atomic E-state index is 13.4. The van der Waals surface area contributed by atoms with Crippen LogP contribution in [0.4, 0.5) is 0 Å². The molecule has 3 rings (SSSR count). The molecule has 0 aromatic heterocycles. The van der Waals surface area contributed by atoms with Crippen molar-refractivity contribution in [3.05, 3.63) is 70.4 Å². The van der Waals surface area contributed by atoms with E-state index in [-0.39, 0.29) is 19.6 Å². The number of hydrogen-bond donors (Lipinski definition) is 2. The minimum Gasteiger partial charge on any atom is -0.493 e. The van der Waals surface area contributed by atoms with Gasteiger partial charge in [0.2, 0.25) is 0 Å². The number of carbonyl (C=O) groups is 2. The lowest BCUT2D eigenvalue weighted by molar-refractivity contribution is -0.160. The Kier molecular flexibility index (Phi) is 9.80. The van der Waals surface area contributed by atoms with Crippen molar-refractivity contribution in [2.24, 2.45) is 5.92 Å². The summed E-state index contributed by atoms with van der Waals surface area (Å²) >= 11 is 0. The maximum Gasteiger partial charge on any atom is 0.336 e. The van der Waals surface area contributed by atoms with Gasteiger partial charge in [0.1, 0.15) is 0 Å². The van der Waals surface area contributed by atoms with E-state index in [0.29, 0.717) is 35.7 Å². The van der Waals surface area contributed by atoms with Gasteiger partial charge in [-0.3, -0.25) is 4.79 Å². The molecule has 8 heteroatoms. The molecular formula is C30H39NO7. The van der Waals surface area contributed by atoms with E-state index in [9.17, 15) is 14.7 Å². The van der Waals surface area contributed by atoms with Crippen LogP contribution < -0.4 is 14.8 Å². The average molecular weight is 526 g/mol. The van der Waals surface area contributed by atoms with Gasteiger partial charge in [-0.1, -0.05) is 35.9 Å². The highest BCUT2D eigenvalue weighted by Crippen LogP contribution is 2.47. The summed E-state index contributed by atoms with van der Waals surface area (Å²) in [7, 11) is 3.18. The highest BCUT2D eigenvalue weighted by Gasteiger charge is 2.52. The lowest BCUT2D eigenvalue weighted by Gasteiger charge is -2.43. The Morgan fingerprint density at radius 3 is 2.26 bits per heavy atom. The van der Waals surface area contributed by atoms with Crippen molar-refractivity contribution in [3.8, 4) is 11.5 Å². The van der Waals surface area contributed by atoms with Crippen molar-refractivity contribution in [2.75, 3.05) is 34.0 Å². The Hall–Kier alpha value is -3.52. The van der Waals surface area contributed by atoms with E-state index in [1.165, 1.54) is 0 Å². The lowest BCUT2D eigenvalue weighted by Crippen LogP contribution is -2.50. The molecule has 0 radical (unpaired) electrons. The molecule has 2 aromatic carbocycles. The van der Waals surface area contributed by atoms with Gasteiger partial charge in [0.25, 0.3) is 0 Å². The Balaban J connectivity index is 2.03. The number of nitrogens with one attached hydrogen (secondary N) is 1. The Morgan fingerprint density at radius 2 is 1.66 bits per heavy atom. The summed E-state index contributed by atoms with van der Waals surface area (Å²) in [6, 6.07) is 13.3. The van der Waals surface area contributed by atoms with Gasteiger partial charge in [-0.2, -0.15) is 0 Å². The van der Waals surface area contributed by atoms with E-state index in [1.807, 2.05) is 49.4 Å².